The molecule has 5 heterocycles. The largest absolute Gasteiger partial charge is 0.336 e. The maximum atomic E-state index is 13.8. The topological polar surface area (TPSA) is 67.2 Å². The number of halogens is 2. The standard InChI is InChI=1S/C18H20F2N6O/c19-13-5-12(6-14(20)7-13)15-8-26(16(27)9-25-10-21-22-23-25)17-11-1-3-24(4-2-11)18(15)17/h5-7,10-11,15,17-18H,1-4,8-9H2/t15-,17-,18-/m1/s1. The third-order valence-corrected chi connectivity index (χ3v) is 6.32. The number of benzene rings is 1. The molecule has 4 saturated heterocycles. The summed E-state index contributed by atoms with van der Waals surface area (Å²) in [5, 5.41) is 10.9. The van der Waals surface area contributed by atoms with Crippen LogP contribution >= 0.6 is 0 Å². The van der Waals surface area contributed by atoms with E-state index in [0.29, 0.717) is 18.0 Å². The van der Waals surface area contributed by atoms with Crippen molar-refractivity contribution in [3.8, 4) is 0 Å². The first-order valence-corrected chi connectivity index (χ1v) is 9.30. The van der Waals surface area contributed by atoms with Crippen molar-refractivity contribution in [2.45, 2.75) is 37.4 Å². The number of aromatic nitrogens is 4. The number of hydrogen-bond donors (Lipinski definition) is 0. The third-order valence-electron chi connectivity index (χ3n) is 6.32. The highest BCUT2D eigenvalue weighted by Crippen LogP contribution is 2.46. The predicted molar refractivity (Wildman–Crippen MR) is 90.5 cm³/mol. The maximum Gasteiger partial charge on any atom is 0.244 e. The summed E-state index contributed by atoms with van der Waals surface area (Å²) < 4.78 is 29.1. The van der Waals surface area contributed by atoms with Crippen molar-refractivity contribution in [3.63, 3.8) is 0 Å². The molecule has 1 amide bonds. The van der Waals surface area contributed by atoms with E-state index < -0.39 is 11.6 Å². The van der Waals surface area contributed by atoms with E-state index in [2.05, 4.69) is 20.4 Å². The molecule has 142 valence electrons. The summed E-state index contributed by atoms with van der Waals surface area (Å²) in [6, 6.07) is 3.89. The van der Waals surface area contributed by atoms with Crippen molar-refractivity contribution in [2.75, 3.05) is 19.6 Å². The normalized spacial score (nSPS) is 31.9. The molecule has 6 rings (SSSR count). The molecular formula is C18H20F2N6O. The number of carbonyl (C=O) groups excluding carboxylic acids is 1. The number of tetrazole rings is 1. The van der Waals surface area contributed by atoms with Crippen molar-refractivity contribution in [1.82, 2.24) is 30.0 Å². The zero-order valence-corrected chi connectivity index (χ0v) is 14.7. The van der Waals surface area contributed by atoms with Gasteiger partial charge in [-0.2, -0.15) is 0 Å². The first-order chi connectivity index (χ1) is 13.1. The summed E-state index contributed by atoms with van der Waals surface area (Å²) in [4.78, 5) is 17.3. The van der Waals surface area contributed by atoms with Gasteiger partial charge in [0, 0.05) is 24.6 Å². The van der Waals surface area contributed by atoms with Gasteiger partial charge >= 0.3 is 0 Å². The Balaban J connectivity index is 1.49. The highest BCUT2D eigenvalue weighted by atomic mass is 19.1. The molecule has 0 aliphatic carbocycles. The monoisotopic (exact) mass is 374 g/mol. The fourth-order valence-electron chi connectivity index (χ4n) is 5.27. The average molecular weight is 374 g/mol. The fraction of sp³-hybridized carbons (Fsp3) is 0.556. The molecule has 0 saturated carbocycles. The summed E-state index contributed by atoms with van der Waals surface area (Å²) in [6.45, 7) is 2.50. The predicted octanol–water partition coefficient (Wildman–Crippen LogP) is 1.04. The van der Waals surface area contributed by atoms with E-state index in [4.69, 9.17) is 0 Å². The third kappa shape index (κ3) is 2.80. The minimum atomic E-state index is -0.573. The van der Waals surface area contributed by atoms with Gasteiger partial charge in [-0.3, -0.25) is 9.69 Å². The van der Waals surface area contributed by atoms with Gasteiger partial charge < -0.3 is 4.90 Å². The first kappa shape index (κ1) is 16.7. The quantitative estimate of drug-likeness (QED) is 0.803. The van der Waals surface area contributed by atoms with Gasteiger partial charge in [-0.1, -0.05) is 0 Å². The van der Waals surface area contributed by atoms with E-state index in [-0.39, 0.29) is 30.5 Å². The van der Waals surface area contributed by atoms with Gasteiger partial charge in [0.2, 0.25) is 5.91 Å². The molecule has 0 spiro atoms. The van der Waals surface area contributed by atoms with Gasteiger partial charge in [0.1, 0.15) is 24.5 Å². The molecule has 2 bridgehead atoms. The molecule has 4 fully saturated rings. The SMILES string of the molecule is O=C(Cn1cnnn1)N1C[C@H](c2cc(F)cc(F)c2)[C@@H]2[C@H]1C1CCN2CC1. The van der Waals surface area contributed by atoms with Crippen molar-refractivity contribution in [3.05, 3.63) is 41.7 Å². The molecule has 1 aromatic carbocycles. The number of hydrogen-bond acceptors (Lipinski definition) is 5. The minimum absolute atomic E-state index is 0.0505. The molecular weight excluding hydrogens is 354 g/mol. The van der Waals surface area contributed by atoms with Crippen LogP contribution in [0.25, 0.3) is 0 Å². The van der Waals surface area contributed by atoms with E-state index in [1.54, 1.807) is 0 Å². The molecule has 0 unspecified atom stereocenters. The van der Waals surface area contributed by atoms with Crippen LogP contribution in [0.15, 0.2) is 24.5 Å². The Kier molecular flexibility index (Phi) is 3.92. The summed E-state index contributed by atoms with van der Waals surface area (Å²) in [5.41, 5.74) is 0.632. The second-order valence-electron chi connectivity index (χ2n) is 7.72. The fourth-order valence-corrected chi connectivity index (χ4v) is 5.27. The van der Waals surface area contributed by atoms with Crippen LogP contribution in [-0.4, -0.2) is 67.6 Å². The van der Waals surface area contributed by atoms with Crippen molar-refractivity contribution in [2.24, 2.45) is 5.92 Å². The molecule has 7 nitrogen and oxygen atoms in total. The van der Waals surface area contributed by atoms with E-state index in [1.807, 2.05) is 4.90 Å². The van der Waals surface area contributed by atoms with Gasteiger partial charge in [-0.05, 0) is 60.0 Å². The number of carbonyl (C=O) groups is 1. The van der Waals surface area contributed by atoms with Gasteiger partial charge in [-0.25, -0.2) is 13.5 Å². The lowest BCUT2D eigenvalue weighted by atomic mass is 9.75. The molecule has 2 aromatic rings. The van der Waals surface area contributed by atoms with E-state index in [9.17, 15) is 13.6 Å². The molecule has 3 atom stereocenters. The Morgan fingerprint density at radius 1 is 1.11 bits per heavy atom. The highest BCUT2D eigenvalue weighted by molar-refractivity contribution is 5.77. The lowest BCUT2D eigenvalue weighted by molar-refractivity contribution is -0.136. The Bertz CT molecular complexity index is 831. The molecule has 9 heteroatoms. The van der Waals surface area contributed by atoms with Crippen LogP contribution in [0.3, 0.4) is 0 Å². The van der Waals surface area contributed by atoms with Crippen LogP contribution in [0.5, 0.6) is 0 Å². The van der Waals surface area contributed by atoms with Crippen molar-refractivity contribution in [1.29, 1.82) is 0 Å². The number of likely N-dealkylation sites (tertiary alicyclic amines) is 1. The zero-order chi connectivity index (χ0) is 18.5. The van der Waals surface area contributed by atoms with Crippen molar-refractivity contribution >= 4 is 5.91 Å². The van der Waals surface area contributed by atoms with Gasteiger partial charge in [0.15, 0.2) is 0 Å². The molecule has 4 aliphatic heterocycles. The number of piperidine rings is 3. The second kappa shape index (κ2) is 6.33. The van der Waals surface area contributed by atoms with Crippen LogP contribution in [0, 0.1) is 17.6 Å². The van der Waals surface area contributed by atoms with Crippen LogP contribution in [-0.2, 0) is 11.3 Å². The number of amides is 1. The van der Waals surface area contributed by atoms with Crippen molar-refractivity contribution < 1.29 is 13.6 Å². The maximum absolute atomic E-state index is 13.8. The van der Waals surface area contributed by atoms with Crippen LogP contribution in [0.2, 0.25) is 0 Å². The van der Waals surface area contributed by atoms with Crippen LogP contribution in [0.1, 0.15) is 24.3 Å². The lowest BCUT2D eigenvalue weighted by Crippen LogP contribution is -2.61. The smallest absolute Gasteiger partial charge is 0.244 e. The summed E-state index contributed by atoms with van der Waals surface area (Å²) >= 11 is 0. The summed E-state index contributed by atoms with van der Waals surface area (Å²) in [7, 11) is 0. The zero-order valence-electron chi connectivity index (χ0n) is 14.7. The Hall–Kier alpha value is -2.42. The molecule has 0 N–H and O–H groups in total. The van der Waals surface area contributed by atoms with Gasteiger partial charge in [0.25, 0.3) is 0 Å². The Morgan fingerprint density at radius 3 is 2.52 bits per heavy atom. The average Bonchev–Trinajstić information content (AvgIpc) is 3.30. The molecule has 0 radical (unpaired) electrons. The number of nitrogens with zero attached hydrogens (tertiary/aromatic N) is 6. The molecule has 4 aliphatic rings. The van der Waals surface area contributed by atoms with E-state index in [1.165, 1.54) is 23.1 Å². The second-order valence-corrected chi connectivity index (χ2v) is 7.72. The summed E-state index contributed by atoms with van der Waals surface area (Å²) in [6.07, 6.45) is 3.53. The van der Waals surface area contributed by atoms with E-state index >= 15 is 0 Å². The number of fused-ring (bicyclic) bond motifs is 2. The Morgan fingerprint density at radius 2 is 1.85 bits per heavy atom. The van der Waals surface area contributed by atoms with Crippen LogP contribution < -0.4 is 0 Å². The van der Waals surface area contributed by atoms with E-state index in [0.717, 1.165) is 32.0 Å². The molecule has 27 heavy (non-hydrogen) atoms. The summed E-state index contributed by atoms with van der Waals surface area (Å²) in [5.74, 6) is -0.861. The van der Waals surface area contributed by atoms with Gasteiger partial charge in [-0.15, -0.1) is 5.10 Å². The Labute approximate surface area is 154 Å². The number of rotatable bonds is 3. The first-order valence-electron chi connectivity index (χ1n) is 9.30. The minimum Gasteiger partial charge on any atom is -0.336 e. The van der Waals surface area contributed by atoms with Crippen LogP contribution in [0.4, 0.5) is 8.78 Å². The lowest BCUT2D eigenvalue weighted by Gasteiger charge is -2.51. The highest BCUT2D eigenvalue weighted by Gasteiger charge is 2.54. The molecule has 1 aromatic heterocycles. The van der Waals surface area contributed by atoms with Gasteiger partial charge in [0.05, 0.1) is 6.04 Å².